The smallest absolute Gasteiger partial charge is 0.374 e. The first-order chi connectivity index (χ1) is 10.8. The van der Waals surface area contributed by atoms with Crippen molar-refractivity contribution < 1.29 is 18.0 Å². The second-order valence-corrected chi connectivity index (χ2v) is 6.64. The third kappa shape index (κ3) is 3.09. The molecule has 0 N–H and O–H groups in total. The number of nitrogens with zero attached hydrogens (tertiary/aromatic N) is 1. The van der Waals surface area contributed by atoms with Crippen molar-refractivity contribution in [3.8, 4) is 0 Å². The predicted octanol–water partition coefficient (Wildman–Crippen LogP) is 6.03. The lowest BCUT2D eigenvalue weighted by molar-refractivity contribution is -0.275. The lowest BCUT2D eigenvalue weighted by atomic mass is 9.84. The van der Waals surface area contributed by atoms with Gasteiger partial charge in [-0.25, -0.2) is 0 Å². The van der Waals surface area contributed by atoms with E-state index in [1.165, 1.54) is 18.2 Å². The highest BCUT2D eigenvalue weighted by molar-refractivity contribution is 6.34. The normalized spacial score (nSPS) is 24.9. The summed E-state index contributed by atoms with van der Waals surface area (Å²) in [4.78, 5) is 4.97. The molecule has 0 aromatic heterocycles. The Hall–Kier alpha value is -1.20. The zero-order valence-electron chi connectivity index (χ0n) is 12.1. The molecule has 0 saturated heterocycles. The molecule has 23 heavy (non-hydrogen) atoms. The Balaban J connectivity index is 1.99. The van der Waals surface area contributed by atoms with E-state index in [9.17, 15) is 13.2 Å². The molecule has 0 radical (unpaired) electrons. The molecule has 1 aromatic carbocycles. The summed E-state index contributed by atoms with van der Waals surface area (Å²) >= 11 is 11.7. The highest BCUT2D eigenvalue weighted by atomic mass is 35.5. The van der Waals surface area contributed by atoms with Crippen molar-refractivity contribution in [1.29, 1.82) is 0 Å². The van der Waals surface area contributed by atoms with E-state index in [1.807, 2.05) is 6.08 Å². The van der Waals surface area contributed by atoms with E-state index in [2.05, 4.69) is 5.16 Å². The van der Waals surface area contributed by atoms with Gasteiger partial charge in [0.1, 0.15) is 0 Å². The fourth-order valence-corrected chi connectivity index (χ4v) is 3.49. The van der Waals surface area contributed by atoms with Gasteiger partial charge in [-0.1, -0.05) is 34.4 Å². The summed E-state index contributed by atoms with van der Waals surface area (Å²) in [5.41, 5.74) is -1.46. The van der Waals surface area contributed by atoms with Crippen molar-refractivity contribution in [1.82, 2.24) is 0 Å². The van der Waals surface area contributed by atoms with Crippen LogP contribution in [-0.4, -0.2) is 11.9 Å². The Morgan fingerprint density at radius 2 is 1.78 bits per heavy atom. The van der Waals surface area contributed by atoms with Crippen molar-refractivity contribution in [3.05, 3.63) is 45.5 Å². The molecule has 0 amide bonds. The van der Waals surface area contributed by atoms with Crippen LogP contribution in [0.1, 0.15) is 37.7 Å². The average molecular weight is 364 g/mol. The molecule has 3 rings (SSSR count). The number of hydrogen-bond donors (Lipinski definition) is 0. The maximum absolute atomic E-state index is 13.8. The van der Waals surface area contributed by atoms with E-state index in [0.717, 1.165) is 31.3 Å². The summed E-state index contributed by atoms with van der Waals surface area (Å²) in [5.74, 6) is 0. The van der Waals surface area contributed by atoms with E-state index in [1.54, 1.807) is 0 Å². The lowest BCUT2D eigenvalue weighted by Gasteiger charge is -2.30. The van der Waals surface area contributed by atoms with Crippen LogP contribution in [0.4, 0.5) is 13.2 Å². The summed E-state index contributed by atoms with van der Waals surface area (Å²) in [6.45, 7) is 0. The molecule has 124 valence electrons. The molecule has 0 spiro atoms. The quantitative estimate of drug-likeness (QED) is 0.628. The molecule has 1 heterocycles. The van der Waals surface area contributed by atoms with Gasteiger partial charge in [0.15, 0.2) is 0 Å². The summed E-state index contributed by atoms with van der Waals surface area (Å²) in [5, 5.41) is 4.02. The molecule has 0 fully saturated rings. The SMILES string of the molecule is FC(F)(F)C1(c2cc(Cl)cc(Cl)c2)CC(C2=CCCCC2)=NO1. The van der Waals surface area contributed by atoms with Gasteiger partial charge in [0, 0.05) is 22.0 Å². The number of benzene rings is 1. The largest absolute Gasteiger partial charge is 0.435 e. The van der Waals surface area contributed by atoms with Gasteiger partial charge in [-0.15, -0.1) is 0 Å². The minimum absolute atomic E-state index is 0.127. The molecule has 0 bridgehead atoms. The van der Waals surface area contributed by atoms with E-state index < -0.39 is 11.8 Å². The summed E-state index contributed by atoms with van der Waals surface area (Å²) < 4.78 is 41.4. The minimum Gasteiger partial charge on any atom is -0.374 e. The van der Waals surface area contributed by atoms with Crippen molar-refractivity contribution in [3.63, 3.8) is 0 Å². The number of rotatable bonds is 2. The monoisotopic (exact) mass is 363 g/mol. The van der Waals surface area contributed by atoms with Gasteiger partial charge >= 0.3 is 6.18 Å². The molecule has 1 aliphatic carbocycles. The van der Waals surface area contributed by atoms with Crippen molar-refractivity contribution in [2.75, 3.05) is 0 Å². The van der Waals surface area contributed by atoms with E-state index in [4.69, 9.17) is 28.0 Å². The predicted molar refractivity (Wildman–Crippen MR) is 83.9 cm³/mol. The van der Waals surface area contributed by atoms with Crippen molar-refractivity contribution in [2.45, 2.75) is 43.9 Å². The van der Waals surface area contributed by atoms with Gasteiger partial charge in [-0.05, 0) is 49.5 Å². The van der Waals surface area contributed by atoms with Gasteiger partial charge < -0.3 is 4.84 Å². The number of hydrogen-bond acceptors (Lipinski definition) is 2. The topological polar surface area (TPSA) is 21.6 Å². The molecule has 1 aromatic rings. The van der Waals surface area contributed by atoms with Crippen LogP contribution >= 0.6 is 23.2 Å². The zero-order chi connectivity index (χ0) is 16.7. The molecule has 1 atom stereocenters. The van der Waals surface area contributed by atoms with Crippen molar-refractivity contribution in [2.24, 2.45) is 5.16 Å². The fourth-order valence-electron chi connectivity index (χ4n) is 2.96. The molecule has 1 aliphatic heterocycles. The van der Waals surface area contributed by atoms with E-state index in [-0.39, 0.29) is 22.0 Å². The molecule has 2 nitrogen and oxygen atoms in total. The zero-order valence-corrected chi connectivity index (χ0v) is 13.6. The first-order valence-corrected chi connectivity index (χ1v) is 8.05. The fraction of sp³-hybridized carbons (Fsp3) is 0.438. The Morgan fingerprint density at radius 3 is 2.35 bits per heavy atom. The Bertz CT molecular complexity index is 664. The summed E-state index contributed by atoms with van der Waals surface area (Å²) in [6.07, 6.45) is 0.533. The summed E-state index contributed by atoms with van der Waals surface area (Å²) in [6, 6.07) is 3.85. The van der Waals surface area contributed by atoms with Crippen LogP contribution in [0.3, 0.4) is 0 Å². The number of allylic oxidation sites excluding steroid dienone is 2. The van der Waals surface area contributed by atoms with Gasteiger partial charge in [-0.3, -0.25) is 0 Å². The molecule has 7 heteroatoms. The third-order valence-corrected chi connectivity index (χ3v) is 4.61. The maximum Gasteiger partial charge on any atom is 0.435 e. The highest BCUT2D eigenvalue weighted by Crippen LogP contribution is 2.50. The Morgan fingerprint density at radius 1 is 1.09 bits per heavy atom. The van der Waals surface area contributed by atoms with Crippen LogP contribution in [0.15, 0.2) is 35.0 Å². The molecular formula is C16H14Cl2F3NO. The molecule has 0 saturated carbocycles. The maximum atomic E-state index is 13.8. The standard InChI is InChI=1S/C16H14Cl2F3NO/c17-12-6-11(7-13(18)8-12)15(16(19,20)21)9-14(22-23-15)10-4-2-1-3-5-10/h4,6-8H,1-3,5,9H2. The second-order valence-electron chi connectivity index (χ2n) is 5.76. The number of halogens is 5. The average Bonchev–Trinajstić information content (AvgIpc) is 2.93. The number of alkyl halides is 3. The Labute approximate surface area is 141 Å². The highest BCUT2D eigenvalue weighted by Gasteiger charge is 2.62. The van der Waals surface area contributed by atoms with Gasteiger partial charge in [0.25, 0.3) is 5.60 Å². The second kappa shape index (κ2) is 6.02. The Kier molecular flexibility index (Phi) is 4.36. The van der Waals surface area contributed by atoms with Gasteiger partial charge in [0.2, 0.25) is 0 Å². The minimum atomic E-state index is -4.64. The van der Waals surface area contributed by atoms with Crippen LogP contribution in [-0.2, 0) is 10.4 Å². The first-order valence-electron chi connectivity index (χ1n) is 7.29. The molecular weight excluding hydrogens is 350 g/mol. The van der Waals surface area contributed by atoms with E-state index in [0.29, 0.717) is 5.71 Å². The van der Waals surface area contributed by atoms with Crippen LogP contribution in [0, 0.1) is 0 Å². The molecule has 1 unspecified atom stereocenters. The van der Waals surface area contributed by atoms with E-state index >= 15 is 0 Å². The summed E-state index contributed by atoms with van der Waals surface area (Å²) in [7, 11) is 0. The van der Waals surface area contributed by atoms with Gasteiger partial charge in [-0.2, -0.15) is 13.2 Å². The third-order valence-electron chi connectivity index (χ3n) is 4.18. The van der Waals surface area contributed by atoms with Crippen LogP contribution < -0.4 is 0 Å². The van der Waals surface area contributed by atoms with Gasteiger partial charge in [0.05, 0.1) is 5.71 Å². The first kappa shape index (κ1) is 16.7. The number of oxime groups is 1. The van der Waals surface area contributed by atoms with Crippen LogP contribution in [0.5, 0.6) is 0 Å². The lowest BCUT2D eigenvalue weighted by Crippen LogP contribution is -2.42. The molecule has 2 aliphatic rings. The van der Waals surface area contributed by atoms with Crippen LogP contribution in [0.25, 0.3) is 0 Å². The van der Waals surface area contributed by atoms with Crippen LogP contribution in [0.2, 0.25) is 10.0 Å². The van der Waals surface area contributed by atoms with Crippen molar-refractivity contribution >= 4 is 28.9 Å².